The minimum Gasteiger partial charge on any atom is -0.340 e. The molecule has 4 amide bonds. The maximum Gasteiger partial charge on any atom is 0.332 e. The first-order valence-electron chi connectivity index (χ1n) is 8.77. The molecule has 2 aromatic carbocycles. The van der Waals surface area contributed by atoms with E-state index in [0.29, 0.717) is 5.69 Å². The van der Waals surface area contributed by atoms with Gasteiger partial charge in [-0.15, -0.1) is 0 Å². The third-order valence-corrected chi connectivity index (χ3v) is 5.08. The number of urea groups is 1. The Balaban J connectivity index is 1.73. The largest absolute Gasteiger partial charge is 0.340 e. The van der Waals surface area contributed by atoms with Crippen molar-refractivity contribution in [1.29, 1.82) is 0 Å². The number of hydrogen-bond donors (Lipinski definition) is 0. The molecule has 0 aromatic heterocycles. The van der Waals surface area contributed by atoms with Crippen LogP contribution in [-0.2, 0) is 16.1 Å². The van der Waals surface area contributed by atoms with E-state index in [1.54, 1.807) is 0 Å². The predicted octanol–water partition coefficient (Wildman–Crippen LogP) is 3.43. The number of rotatable bonds is 5. The first kappa shape index (κ1) is 20.7. The van der Waals surface area contributed by atoms with Crippen LogP contribution in [0.15, 0.2) is 42.5 Å². The molecule has 0 N–H and O–H groups in total. The highest BCUT2D eigenvalue weighted by atomic mass is 35.5. The van der Waals surface area contributed by atoms with Gasteiger partial charge in [0.2, 0.25) is 5.91 Å². The number of anilines is 1. The van der Waals surface area contributed by atoms with Gasteiger partial charge in [-0.2, -0.15) is 0 Å². The van der Waals surface area contributed by atoms with Gasteiger partial charge in [-0.3, -0.25) is 19.4 Å². The first-order chi connectivity index (χ1) is 13.7. The second kappa shape index (κ2) is 8.16. The fourth-order valence-corrected chi connectivity index (χ4v) is 3.29. The Kier molecular flexibility index (Phi) is 5.83. The number of amides is 4. The maximum atomic E-state index is 13.9. The average Bonchev–Trinajstić information content (AvgIpc) is 2.89. The summed E-state index contributed by atoms with van der Waals surface area (Å²) in [6.45, 7) is 0.914. The molecule has 1 fully saturated rings. The number of likely N-dealkylation sites (N-methyl/N-ethyl adjacent to an activating group) is 1. The zero-order valence-electron chi connectivity index (χ0n) is 15.7. The summed E-state index contributed by atoms with van der Waals surface area (Å²) >= 11 is 5.98. The molecule has 1 saturated heterocycles. The minimum absolute atomic E-state index is 0.113. The highest BCUT2D eigenvalue weighted by Crippen LogP contribution is 2.26. The quantitative estimate of drug-likeness (QED) is 0.695. The van der Waals surface area contributed by atoms with Gasteiger partial charge in [0.1, 0.15) is 24.2 Å². The van der Waals surface area contributed by atoms with Crippen LogP contribution in [0.1, 0.15) is 12.5 Å². The SMILES string of the molecule is CC1C(=O)N(CC(=O)N(C)Cc2c(F)cccc2Cl)C(=O)N1c1ccc(F)cc1. The topological polar surface area (TPSA) is 60.9 Å². The molecule has 0 spiro atoms. The van der Waals surface area contributed by atoms with Gasteiger partial charge in [0.15, 0.2) is 0 Å². The van der Waals surface area contributed by atoms with Gasteiger partial charge in [0.05, 0.1) is 0 Å². The standard InChI is InChI=1S/C20H18ClF2N3O3/c1-12-19(28)25(20(29)26(12)14-8-6-13(22)7-9-14)11-18(27)24(2)10-15-16(21)4-3-5-17(15)23/h3-9,12H,10-11H2,1-2H3. The van der Waals surface area contributed by atoms with Crippen LogP contribution in [0.2, 0.25) is 5.02 Å². The molecular formula is C20H18ClF2N3O3. The molecule has 1 heterocycles. The second-order valence-electron chi connectivity index (χ2n) is 6.68. The van der Waals surface area contributed by atoms with E-state index in [1.807, 2.05) is 0 Å². The van der Waals surface area contributed by atoms with Crippen molar-refractivity contribution in [3.63, 3.8) is 0 Å². The fraction of sp³-hybridized carbons (Fsp3) is 0.250. The zero-order valence-corrected chi connectivity index (χ0v) is 16.5. The molecule has 1 atom stereocenters. The molecule has 0 saturated carbocycles. The van der Waals surface area contributed by atoms with E-state index in [-0.39, 0.29) is 17.1 Å². The summed E-state index contributed by atoms with van der Waals surface area (Å²) in [4.78, 5) is 41.0. The predicted molar refractivity (Wildman–Crippen MR) is 103 cm³/mol. The Morgan fingerprint density at radius 1 is 1.14 bits per heavy atom. The molecule has 0 aliphatic carbocycles. The van der Waals surface area contributed by atoms with Crippen molar-refractivity contribution in [2.45, 2.75) is 19.5 Å². The Morgan fingerprint density at radius 2 is 1.79 bits per heavy atom. The molecule has 29 heavy (non-hydrogen) atoms. The molecule has 6 nitrogen and oxygen atoms in total. The zero-order chi connectivity index (χ0) is 21.3. The maximum absolute atomic E-state index is 13.9. The summed E-state index contributed by atoms with van der Waals surface area (Å²) in [6, 6.07) is 7.80. The van der Waals surface area contributed by atoms with Crippen LogP contribution in [0.25, 0.3) is 0 Å². The normalized spacial score (nSPS) is 16.5. The van der Waals surface area contributed by atoms with E-state index in [9.17, 15) is 23.2 Å². The van der Waals surface area contributed by atoms with E-state index in [4.69, 9.17) is 11.6 Å². The number of halogens is 3. The van der Waals surface area contributed by atoms with E-state index < -0.39 is 42.1 Å². The van der Waals surface area contributed by atoms with Crippen LogP contribution in [0.3, 0.4) is 0 Å². The number of benzene rings is 2. The van der Waals surface area contributed by atoms with Gasteiger partial charge in [0, 0.05) is 29.9 Å². The number of hydrogen-bond acceptors (Lipinski definition) is 3. The highest BCUT2D eigenvalue weighted by Gasteiger charge is 2.44. The lowest BCUT2D eigenvalue weighted by Gasteiger charge is -2.22. The van der Waals surface area contributed by atoms with E-state index in [0.717, 1.165) is 4.90 Å². The molecule has 0 bridgehead atoms. The summed E-state index contributed by atoms with van der Waals surface area (Å²) in [7, 11) is 1.43. The van der Waals surface area contributed by atoms with Gasteiger partial charge in [-0.1, -0.05) is 17.7 Å². The lowest BCUT2D eigenvalue weighted by atomic mass is 10.2. The molecule has 1 aliphatic rings. The third kappa shape index (κ3) is 4.07. The lowest BCUT2D eigenvalue weighted by molar-refractivity contribution is -0.136. The molecule has 3 rings (SSSR count). The van der Waals surface area contributed by atoms with Crippen LogP contribution >= 0.6 is 11.6 Å². The number of nitrogens with zero attached hydrogens (tertiary/aromatic N) is 3. The summed E-state index contributed by atoms with van der Waals surface area (Å²) in [6.07, 6.45) is 0. The van der Waals surface area contributed by atoms with Crippen molar-refractivity contribution in [2.24, 2.45) is 0 Å². The number of carbonyl (C=O) groups excluding carboxylic acids is 3. The molecule has 0 radical (unpaired) electrons. The number of carbonyl (C=O) groups is 3. The molecule has 9 heteroatoms. The van der Waals surface area contributed by atoms with Gasteiger partial charge >= 0.3 is 6.03 Å². The van der Waals surface area contributed by atoms with E-state index in [2.05, 4.69) is 0 Å². The third-order valence-electron chi connectivity index (χ3n) is 4.73. The fourth-order valence-electron chi connectivity index (χ4n) is 3.07. The highest BCUT2D eigenvalue weighted by molar-refractivity contribution is 6.31. The van der Waals surface area contributed by atoms with Crippen molar-refractivity contribution >= 4 is 35.1 Å². The van der Waals surface area contributed by atoms with Crippen LogP contribution in [0, 0.1) is 11.6 Å². The van der Waals surface area contributed by atoms with Crippen molar-refractivity contribution in [1.82, 2.24) is 9.80 Å². The summed E-state index contributed by atoms with van der Waals surface area (Å²) < 4.78 is 27.1. The Bertz CT molecular complexity index is 948. The Hall–Kier alpha value is -3.00. The second-order valence-corrected chi connectivity index (χ2v) is 7.09. The molecule has 152 valence electrons. The molecule has 1 unspecified atom stereocenters. The van der Waals surface area contributed by atoms with Crippen LogP contribution < -0.4 is 4.90 Å². The van der Waals surface area contributed by atoms with Crippen LogP contribution in [0.5, 0.6) is 0 Å². The number of imide groups is 1. The minimum atomic E-state index is -0.841. The van der Waals surface area contributed by atoms with Crippen molar-refractivity contribution < 1.29 is 23.2 Å². The van der Waals surface area contributed by atoms with Gasteiger partial charge in [0.25, 0.3) is 5.91 Å². The van der Waals surface area contributed by atoms with Crippen molar-refractivity contribution in [3.05, 3.63) is 64.7 Å². The Morgan fingerprint density at radius 3 is 2.41 bits per heavy atom. The Labute approximate surface area is 171 Å². The smallest absolute Gasteiger partial charge is 0.332 e. The van der Waals surface area contributed by atoms with Crippen LogP contribution in [0.4, 0.5) is 19.3 Å². The molecule has 2 aromatic rings. The first-order valence-corrected chi connectivity index (χ1v) is 9.15. The molecule has 1 aliphatic heterocycles. The lowest BCUT2D eigenvalue weighted by Crippen LogP contribution is -2.42. The summed E-state index contributed by atoms with van der Waals surface area (Å²) in [5.74, 6) is -2.13. The van der Waals surface area contributed by atoms with Crippen molar-refractivity contribution in [2.75, 3.05) is 18.5 Å². The summed E-state index contributed by atoms with van der Waals surface area (Å²) in [5.41, 5.74) is 0.490. The van der Waals surface area contributed by atoms with Crippen molar-refractivity contribution in [3.8, 4) is 0 Å². The monoisotopic (exact) mass is 421 g/mol. The van der Waals surface area contributed by atoms with Crippen LogP contribution in [-0.4, -0.2) is 47.3 Å². The summed E-state index contributed by atoms with van der Waals surface area (Å²) in [5, 5.41) is 0.175. The van der Waals surface area contributed by atoms with Gasteiger partial charge in [-0.25, -0.2) is 13.6 Å². The van der Waals surface area contributed by atoms with E-state index in [1.165, 1.54) is 66.2 Å². The van der Waals surface area contributed by atoms with Gasteiger partial charge < -0.3 is 4.90 Å². The van der Waals surface area contributed by atoms with E-state index >= 15 is 0 Å². The molecular weight excluding hydrogens is 404 g/mol. The average molecular weight is 422 g/mol. The van der Waals surface area contributed by atoms with Gasteiger partial charge in [-0.05, 0) is 43.3 Å².